The van der Waals surface area contributed by atoms with Gasteiger partial charge in [0.25, 0.3) is 5.91 Å². The Morgan fingerprint density at radius 1 is 1.21 bits per heavy atom. The average molecular weight is 389 g/mol. The maximum Gasteiger partial charge on any atom is 0.276 e. The minimum atomic E-state index is -0.0885. The number of imidazole rings is 1. The van der Waals surface area contributed by atoms with Gasteiger partial charge in [-0.15, -0.1) is 0 Å². The van der Waals surface area contributed by atoms with E-state index in [9.17, 15) is 4.79 Å². The fourth-order valence-electron chi connectivity index (χ4n) is 3.71. The lowest BCUT2D eigenvalue weighted by molar-refractivity contribution is 0.0685. The first-order chi connectivity index (χ1) is 14.2. The molecule has 4 aromatic heterocycles. The van der Waals surface area contributed by atoms with Crippen molar-refractivity contribution in [3.05, 3.63) is 54.6 Å². The molecular weight excluding hydrogens is 370 g/mol. The summed E-state index contributed by atoms with van der Waals surface area (Å²) < 4.78 is 7.10. The van der Waals surface area contributed by atoms with Crippen LogP contribution in [0.4, 0.5) is 0 Å². The van der Waals surface area contributed by atoms with E-state index in [4.69, 9.17) is 9.51 Å². The Bertz CT molecular complexity index is 1160. The van der Waals surface area contributed by atoms with E-state index in [-0.39, 0.29) is 11.9 Å². The summed E-state index contributed by atoms with van der Waals surface area (Å²) in [5.41, 5.74) is 3.41. The Kier molecular flexibility index (Phi) is 4.27. The third kappa shape index (κ3) is 3.24. The molecule has 0 aliphatic carbocycles. The summed E-state index contributed by atoms with van der Waals surface area (Å²) >= 11 is 0. The zero-order valence-electron chi connectivity index (χ0n) is 15.9. The normalized spacial score (nSPS) is 15.1. The first kappa shape index (κ1) is 17.5. The van der Waals surface area contributed by atoms with E-state index in [0.717, 1.165) is 29.7 Å². The van der Waals surface area contributed by atoms with Crippen LogP contribution in [0.25, 0.3) is 22.6 Å². The minimum absolute atomic E-state index is 0.0885. The summed E-state index contributed by atoms with van der Waals surface area (Å²) in [4.78, 5) is 32.2. The fraction of sp³-hybridized carbons (Fsp3) is 0.300. The number of carbonyl (C=O) groups is 1. The van der Waals surface area contributed by atoms with Crippen molar-refractivity contribution in [1.82, 2.24) is 34.6 Å². The quantitative estimate of drug-likeness (QED) is 0.531. The van der Waals surface area contributed by atoms with Gasteiger partial charge in [-0.2, -0.15) is 0 Å². The Hall–Kier alpha value is -3.62. The molecule has 146 valence electrons. The number of rotatable bonds is 3. The molecule has 1 saturated heterocycles. The Morgan fingerprint density at radius 2 is 2.07 bits per heavy atom. The molecule has 0 radical (unpaired) electrons. The largest absolute Gasteiger partial charge is 0.361 e. The van der Waals surface area contributed by atoms with Crippen LogP contribution in [0.3, 0.4) is 0 Å². The lowest BCUT2D eigenvalue weighted by Gasteiger charge is -2.32. The second kappa shape index (κ2) is 7.08. The van der Waals surface area contributed by atoms with E-state index in [0.29, 0.717) is 30.2 Å². The van der Waals surface area contributed by atoms with Gasteiger partial charge in [0.15, 0.2) is 17.0 Å². The van der Waals surface area contributed by atoms with Crippen molar-refractivity contribution in [3.63, 3.8) is 0 Å². The van der Waals surface area contributed by atoms with Crippen molar-refractivity contribution in [2.45, 2.75) is 25.8 Å². The van der Waals surface area contributed by atoms with Crippen LogP contribution in [0, 0.1) is 6.92 Å². The first-order valence-corrected chi connectivity index (χ1v) is 9.51. The van der Waals surface area contributed by atoms with Gasteiger partial charge >= 0.3 is 0 Å². The van der Waals surface area contributed by atoms with E-state index < -0.39 is 0 Å². The minimum Gasteiger partial charge on any atom is -0.361 e. The second-order valence-electron chi connectivity index (χ2n) is 7.14. The number of aryl methyl sites for hydroxylation is 1. The highest BCUT2D eigenvalue weighted by molar-refractivity contribution is 5.92. The molecule has 0 aromatic carbocycles. The molecule has 1 fully saturated rings. The Morgan fingerprint density at radius 3 is 2.79 bits per heavy atom. The van der Waals surface area contributed by atoms with Gasteiger partial charge in [-0.25, -0.2) is 15.0 Å². The molecule has 0 spiro atoms. The molecule has 5 heterocycles. The molecular formula is C20H19N7O2. The number of pyridine rings is 1. The highest BCUT2D eigenvalue weighted by Crippen LogP contribution is 2.27. The van der Waals surface area contributed by atoms with Gasteiger partial charge in [0.2, 0.25) is 0 Å². The molecule has 0 N–H and O–H groups in total. The average Bonchev–Trinajstić information content (AvgIpc) is 3.40. The third-order valence-corrected chi connectivity index (χ3v) is 5.23. The van der Waals surface area contributed by atoms with Crippen molar-refractivity contribution in [3.8, 4) is 11.3 Å². The molecule has 1 aliphatic rings. The SMILES string of the molecule is Cc1cc(C(=O)N2CCC(n3cnc4ncc(-c5cccnc5)nc43)CC2)no1. The number of likely N-dealkylation sites (tertiary alicyclic amines) is 1. The summed E-state index contributed by atoms with van der Waals surface area (Å²) in [6.07, 6.45) is 8.64. The zero-order chi connectivity index (χ0) is 19.8. The molecule has 1 amide bonds. The Labute approximate surface area is 166 Å². The van der Waals surface area contributed by atoms with Gasteiger partial charge in [-0.05, 0) is 31.9 Å². The van der Waals surface area contributed by atoms with E-state index in [1.54, 1.807) is 37.9 Å². The number of amides is 1. The number of hydrogen-bond acceptors (Lipinski definition) is 7. The molecule has 9 nitrogen and oxygen atoms in total. The van der Waals surface area contributed by atoms with Crippen LogP contribution in [-0.4, -0.2) is 53.6 Å². The van der Waals surface area contributed by atoms with Gasteiger partial charge in [-0.1, -0.05) is 5.16 Å². The highest BCUT2D eigenvalue weighted by Gasteiger charge is 2.27. The second-order valence-corrected chi connectivity index (χ2v) is 7.14. The molecule has 4 aromatic rings. The smallest absolute Gasteiger partial charge is 0.276 e. The van der Waals surface area contributed by atoms with E-state index in [2.05, 4.69) is 24.7 Å². The predicted octanol–water partition coefficient (Wildman–Crippen LogP) is 2.66. The maximum absolute atomic E-state index is 12.6. The van der Waals surface area contributed by atoms with Gasteiger partial charge in [0.1, 0.15) is 5.76 Å². The van der Waals surface area contributed by atoms with Crippen LogP contribution in [0.15, 0.2) is 47.6 Å². The summed E-state index contributed by atoms with van der Waals surface area (Å²) in [7, 11) is 0. The van der Waals surface area contributed by atoms with Crippen LogP contribution in [0.1, 0.15) is 35.1 Å². The summed E-state index contributed by atoms with van der Waals surface area (Å²) in [5.74, 6) is 0.547. The molecule has 9 heteroatoms. The molecule has 0 unspecified atom stereocenters. The van der Waals surface area contributed by atoms with Crippen LogP contribution in [0.2, 0.25) is 0 Å². The summed E-state index contributed by atoms with van der Waals surface area (Å²) in [6.45, 7) is 3.07. The van der Waals surface area contributed by atoms with Crippen LogP contribution in [-0.2, 0) is 0 Å². The highest BCUT2D eigenvalue weighted by atomic mass is 16.5. The molecule has 0 atom stereocenters. The molecule has 1 aliphatic heterocycles. The molecule has 5 rings (SSSR count). The van der Waals surface area contributed by atoms with E-state index in [1.807, 2.05) is 17.0 Å². The van der Waals surface area contributed by atoms with Gasteiger partial charge in [0, 0.05) is 43.2 Å². The van der Waals surface area contributed by atoms with Gasteiger partial charge < -0.3 is 14.0 Å². The Balaban J connectivity index is 1.36. The first-order valence-electron chi connectivity index (χ1n) is 9.51. The number of carbonyl (C=O) groups excluding carboxylic acids is 1. The number of fused-ring (bicyclic) bond motifs is 1. The molecule has 0 bridgehead atoms. The lowest BCUT2D eigenvalue weighted by atomic mass is 10.0. The standard InChI is InChI=1S/C20H19N7O2/c1-13-9-16(25-29-13)20(28)26-7-4-15(5-8-26)27-12-23-18-19(27)24-17(11-22-18)14-3-2-6-21-10-14/h2-3,6,9-12,15H,4-5,7-8H2,1H3. The van der Waals surface area contributed by atoms with Crippen LogP contribution >= 0.6 is 0 Å². The monoisotopic (exact) mass is 389 g/mol. The summed E-state index contributed by atoms with van der Waals surface area (Å²) in [5, 5.41) is 3.83. The number of nitrogens with zero attached hydrogens (tertiary/aromatic N) is 7. The molecule has 29 heavy (non-hydrogen) atoms. The van der Waals surface area contributed by atoms with Crippen LogP contribution in [0.5, 0.6) is 0 Å². The van der Waals surface area contributed by atoms with Crippen molar-refractivity contribution in [1.29, 1.82) is 0 Å². The number of piperidine rings is 1. The van der Waals surface area contributed by atoms with Gasteiger partial charge in [-0.3, -0.25) is 9.78 Å². The third-order valence-electron chi connectivity index (χ3n) is 5.23. The van der Waals surface area contributed by atoms with E-state index >= 15 is 0 Å². The van der Waals surface area contributed by atoms with Crippen LogP contribution < -0.4 is 0 Å². The molecule has 0 saturated carbocycles. The fourth-order valence-corrected chi connectivity index (χ4v) is 3.71. The van der Waals surface area contributed by atoms with E-state index in [1.165, 1.54) is 0 Å². The predicted molar refractivity (Wildman–Crippen MR) is 104 cm³/mol. The topological polar surface area (TPSA) is 103 Å². The maximum atomic E-state index is 12.6. The summed E-state index contributed by atoms with van der Waals surface area (Å²) in [6, 6.07) is 5.72. The van der Waals surface area contributed by atoms with Crippen molar-refractivity contribution in [2.75, 3.05) is 13.1 Å². The number of hydrogen-bond donors (Lipinski definition) is 0. The van der Waals surface area contributed by atoms with Crippen molar-refractivity contribution in [2.24, 2.45) is 0 Å². The van der Waals surface area contributed by atoms with Crippen molar-refractivity contribution < 1.29 is 9.32 Å². The zero-order valence-corrected chi connectivity index (χ0v) is 15.9. The lowest BCUT2D eigenvalue weighted by Crippen LogP contribution is -2.39. The van der Waals surface area contributed by atoms with Crippen molar-refractivity contribution >= 4 is 17.2 Å². The number of aromatic nitrogens is 6. The van der Waals surface area contributed by atoms with Gasteiger partial charge in [0.05, 0.1) is 18.2 Å².